The van der Waals surface area contributed by atoms with Crippen LogP contribution in [0, 0.1) is 5.82 Å². The van der Waals surface area contributed by atoms with E-state index in [1.165, 1.54) is 17.4 Å². The number of carbonyl (C=O) groups is 1. The summed E-state index contributed by atoms with van der Waals surface area (Å²) in [4.78, 5) is 16.8. The molecule has 6 nitrogen and oxygen atoms in total. The lowest BCUT2D eigenvalue weighted by atomic mass is 10.1. The Bertz CT molecular complexity index is 1460. The number of nitrogens with zero attached hydrogens (tertiary/aromatic N) is 3. The van der Waals surface area contributed by atoms with Crippen LogP contribution in [-0.4, -0.2) is 23.4 Å². The van der Waals surface area contributed by atoms with Crippen molar-refractivity contribution in [1.29, 1.82) is 0 Å². The zero-order valence-corrected chi connectivity index (χ0v) is 19.4. The molecule has 0 unspecified atom stereocenters. The molecule has 3 aromatic carbocycles. The molecular formula is C24H16BrFN4O2S. The molecule has 0 aliphatic carbocycles. The number of para-hydroxylation sites is 1. The molecule has 0 fully saturated rings. The van der Waals surface area contributed by atoms with Crippen LogP contribution in [0.2, 0.25) is 0 Å². The zero-order chi connectivity index (χ0) is 22.8. The maximum atomic E-state index is 14.3. The fourth-order valence-corrected chi connectivity index (χ4v) is 4.51. The molecule has 5 rings (SSSR count). The van der Waals surface area contributed by atoms with E-state index in [0.29, 0.717) is 16.2 Å². The summed E-state index contributed by atoms with van der Waals surface area (Å²) in [5, 5.41) is 9.38. The molecular weight excluding hydrogens is 507 g/mol. The van der Waals surface area contributed by atoms with Crippen molar-refractivity contribution < 1.29 is 13.9 Å². The number of benzene rings is 3. The molecule has 0 atom stereocenters. The fourth-order valence-electron chi connectivity index (χ4n) is 3.27. The highest BCUT2D eigenvalue weighted by Crippen LogP contribution is 2.33. The van der Waals surface area contributed by atoms with E-state index in [9.17, 15) is 9.18 Å². The molecule has 0 saturated heterocycles. The van der Waals surface area contributed by atoms with Crippen LogP contribution in [-0.2, 0) is 4.79 Å². The molecule has 1 N–H and O–H groups in total. The fraction of sp³-hybridized carbons (Fsp3) is 0.0417. The summed E-state index contributed by atoms with van der Waals surface area (Å²) >= 11 is 4.87. The Balaban J connectivity index is 1.65. The quantitative estimate of drug-likeness (QED) is 0.356. The van der Waals surface area contributed by atoms with Crippen molar-refractivity contribution >= 4 is 50.8 Å². The van der Waals surface area contributed by atoms with Gasteiger partial charge in [-0.15, -0.1) is 11.3 Å². The van der Waals surface area contributed by atoms with E-state index in [1.54, 1.807) is 35.2 Å². The van der Waals surface area contributed by atoms with Crippen LogP contribution in [0.1, 0.15) is 5.56 Å². The molecule has 1 aliphatic rings. The number of aromatic nitrogens is 1. The van der Waals surface area contributed by atoms with Crippen molar-refractivity contribution in [2.75, 3.05) is 11.9 Å². The first-order valence-electron chi connectivity index (χ1n) is 9.94. The monoisotopic (exact) mass is 522 g/mol. The van der Waals surface area contributed by atoms with Gasteiger partial charge in [-0.1, -0.05) is 46.3 Å². The highest BCUT2D eigenvalue weighted by Gasteiger charge is 2.18. The maximum Gasteiger partial charge on any atom is 0.262 e. The number of hydrogen-bond acceptors (Lipinski definition) is 5. The largest absolute Gasteiger partial charge is 0.482 e. The number of rotatable bonds is 4. The second-order valence-corrected chi connectivity index (χ2v) is 8.78. The van der Waals surface area contributed by atoms with Gasteiger partial charge in [-0.05, 0) is 36.4 Å². The molecule has 4 aromatic rings. The zero-order valence-electron chi connectivity index (χ0n) is 17.0. The van der Waals surface area contributed by atoms with Crippen LogP contribution >= 0.6 is 27.3 Å². The standard InChI is InChI=1S/C24H16BrFN4O2S/c25-17-6-2-1-5-16(17)12-27-30-21(14-33-24(30)29-19-8-4-3-7-18(19)26)15-9-10-22-20(11-15)28-23(31)13-32-22/h1-12,14H,13H2,(H,28,31). The van der Waals surface area contributed by atoms with Gasteiger partial charge in [-0.2, -0.15) is 5.10 Å². The van der Waals surface area contributed by atoms with Gasteiger partial charge in [0.2, 0.25) is 4.80 Å². The number of anilines is 1. The Kier molecular flexibility index (Phi) is 5.89. The molecule has 1 aromatic heterocycles. The predicted octanol–water partition coefficient (Wildman–Crippen LogP) is 5.56. The maximum absolute atomic E-state index is 14.3. The molecule has 0 bridgehead atoms. The number of nitrogens with one attached hydrogen (secondary N) is 1. The Morgan fingerprint density at radius 1 is 1.12 bits per heavy atom. The third kappa shape index (κ3) is 4.50. The summed E-state index contributed by atoms with van der Waals surface area (Å²) in [6.45, 7) is -0.00723. The highest BCUT2D eigenvalue weighted by atomic mass is 79.9. The lowest BCUT2D eigenvalue weighted by molar-refractivity contribution is -0.118. The van der Waals surface area contributed by atoms with Gasteiger partial charge < -0.3 is 10.1 Å². The van der Waals surface area contributed by atoms with Crippen molar-refractivity contribution in [3.8, 4) is 17.0 Å². The molecule has 0 radical (unpaired) electrons. The van der Waals surface area contributed by atoms with Crippen LogP contribution in [0.25, 0.3) is 11.3 Å². The minimum Gasteiger partial charge on any atom is -0.482 e. The van der Waals surface area contributed by atoms with Crippen LogP contribution in [0.4, 0.5) is 15.8 Å². The van der Waals surface area contributed by atoms with Gasteiger partial charge in [0.05, 0.1) is 17.6 Å². The molecule has 0 spiro atoms. The van der Waals surface area contributed by atoms with E-state index < -0.39 is 5.82 Å². The smallest absolute Gasteiger partial charge is 0.262 e. The van der Waals surface area contributed by atoms with E-state index in [1.807, 2.05) is 41.8 Å². The van der Waals surface area contributed by atoms with Crippen molar-refractivity contribution in [1.82, 2.24) is 4.68 Å². The number of hydrogen-bond donors (Lipinski definition) is 1. The van der Waals surface area contributed by atoms with E-state index in [4.69, 9.17) is 4.74 Å². The van der Waals surface area contributed by atoms with Gasteiger partial charge in [-0.25, -0.2) is 14.1 Å². The van der Waals surface area contributed by atoms with Gasteiger partial charge >= 0.3 is 0 Å². The Morgan fingerprint density at radius 3 is 2.79 bits per heavy atom. The predicted molar refractivity (Wildman–Crippen MR) is 131 cm³/mol. The summed E-state index contributed by atoms with van der Waals surface area (Å²) in [5.74, 6) is -0.0180. The van der Waals surface area contributed by atoms with Gasteiger partial charge in [-0.3, -0.25) is 4.79 Å². The SMILES string of the molecule is O=C1COc2ccc(-c3csc(=Nc4ccccc4F)n3N=Cc3ccccc3Br)cc2N1. The van der Waals surface area contributed by atoms with Crippen molar-refractivity contribution in [2.24, 2.45) is 10.1 Å². The Hall–Kier alpha value is -3.56. The van der Waals surface area contributed by atoms with Crippen LogP contribution < -0.4 is 14.9 Å². The third-order valence-corrected chi connectivity index (χ3v) is 6.42. The Morgan fingerprint density at radius 2 is 1.94 bits per heavy atom. The normalized spacial score (nSPS) is 13.6. The average molecular weight is 523 g/mol. The number of thiazole rings is 1. The van der Waals surface area contributed by atoms with Crippen molar-refractivity contribution in [3.05, 3.63) is 92.8 Å². The molecule has 9 heteroatoms. The lowest BCUT2D eigenvalue weighted by Crippen LogP contribution is -2.25. The first-order chi connectivity index (χ1) is 16.1. The summed E-state index contributed by atoms with van der Waals surface area (Å²) in [6.07, 6.45) is 1.71. The van der Waals surface area contributed by atoms with Crippen LogP contribution in [0.5, 0.6) is 5.75 Å². The second-order valence-electron chi connectivity index (χ2n) is 7.09. The summed E-state index contributed by atoms with van der Waals surface area (Å²) < 4.78 is 22.3. The first kappa shape index (κ1) is 21.3. The molecule has 1 aliphatic heterocycles. The molecule has 0 saturated carbocycles. The summed E-state index contributed by atoms with van der Waals surface area (Å²) in [7, 11) is 0. The number of fused-ring (bicyclic) bond motifs is 1. The molecule has 164 valence electrons. The topological polar surface area (TPSA) is 68.0 Å². The van der Waals surface area contributed by atoms with E-state index >= 15 is 0 Å². The molecule has 2 heterocycles. The van der Waals surface area contributed by atoms with Crippen LogP contribution in [0.15, 0.2) is 86.7 Å². The van der Waals surface area contributed by atoms with E-state index in [2.05, 4.69) is 31.3 Å². The molecule has 33 heavy (non-hydrogen) atoms. The van der Waals surface area contributed by atoms with E-state index in [-0.39, 0.29) is 18.2 Å². The van der Waals surface area contributed by atoms with Gasteiger partial charge in [0, 0.05) is 21.0 Å². The second kappa shape index (κ2) is 9.13. The Labute approximate surface area is 200 Å². The number of amides is 1. The average Bonchev–Trinajstić information content (AvgIpc) is 3.22. The summed E-state index contributed by atoms with van der Waals surface area (Å²) in [6, 6.07) is 19.6. The van der Waals surface area contributed by atoms with E-state index in [0.717, 1.165) is 21.3 Å². The minimum absolute atomic E-state index is 0.00723. The highest BCUT2D eigenvalue weighted by molar-refractivity contribution is 9.10. The number of ether oxygens (including phenoxy) is 1. The van der Waals surface area contributed by atoms with Crippen molar-refractivity contribution in [2.45, 2.75) is 0 Å². The molecule has 1 amide bonds. The van der Waals surface area contributed by atoms with Gasteiger partial charge in [0.1, 0.15) is 17.3 Å². The van der Waals surface area contributed by atoms with Gasteiger partial charge in [0.25, 0.3) is 5.91 Å². The minimum atomic E-state index is -0.414. The first-order valence-corrected chi connectivity index (χ1v) is 11.6. The summed E-state index contributed by atoms with van der Waals surface area (Å²) in [5.41, 5.74) is 3.23. The number of halogens is 2. The van der Waals surface area contributed by atoms with Crippen molar-refractivity contribution in [3.63, 3.8) is 0 Å². The van der Waals surface area contributed by atoms with Crippen LogP contribution in [0.3, 0.4) is 0 Å². The third-order valence-electron chi connectivity index (χ3n) is 4.88. The number of carbonyl (C=O) groups excluding carboxylic acids is 1. The van der Waals surface area contributed by atoms with Gasteiger partial charge in [0.15, 0.2) is 6.61 Å². The lowest BCUT2D eigenvalue weighted by Gasteiger charge is -2.18.